The Hall–Kier alpha value is -0.740. The van der Waals surface area contributed by atoms with Crippen molar-refractivity contribution in [1.29, 1.82) is 0 Å². The Morgan fingerprint density at radius 2 is 1.19 bits per heavy atom. The quantitative estimate of drug-likeness (QED) is 0.461. The van der Waals surface area contributed by atoms with Gasteiger partial charge in [0.1, 0.15) is 11.6 Å². The Morgan fingerprint density at radius 3 is 1.76 bits per heavy atom. The molecule has 0 bridgehead atoms. The van der Waals surface area contributed by atoms with E-state index in [9.17, 15) is 9.59 Å². The molecule has 124 valence electrons. The van der Waals surface area contributed by atoms with Gasteiger partial charge in [-0.05, 0) is 12.8 Å². The highest BCUT2D eigenvalue weighted by Crippen LogP contribution is 2.06. The molecule has 0 spiro atoms. The average molecular weight is 300 g/mol. The number of hydrogen-bond donors (Lipinski definition) is 0. The molecule has 0 atom stereocenters. The first-order chi connectivity index (χ1) is 9.95. The molecule has 0 unspecified atom stereocenters. The first kappa shape index (κ1) is 20.3. The molecule has 0 N–H and O–H groups in total. The summed E-state index contributed by atoms with van der Waals surface area (Å²) in [4.78, 5) is 22.7. The van der Waals surface area contributed by atoms with E-state index in [1.165, 1.54) is 0 Å². The molecule has 0 aromatic carbocycles. The molecule has 0 radical (unpaired) electrons. The highest BCUT2D eigenvalue weighted by Gasteiger charge is 2.06. The SMILES string of the molecule is CC(C)C(=O)CCCCCOCCOCCC(=O)C(C)C. The predicted octanol–water partition coefficient (Wildman–Crippen LogP) is 3.42. The number of carbonyl (C=O) groups excluding carboxylic acids is 2. The van der Waals surface area contributed by atoms with Crippen molar-refractivity contribution >= 4 is 11.6 Å². The molecule has 0 aromatic rings. The standard InChI is InChI=1S/C17H32O4/c1-14(2)16(18)8-6-5-7-10-20-12-13-21-11-9-17(19)15(3)4/h14-15H,5-13H2,1-4H3. The van der Waals surface area contributed by atoms with Crippen LogP contribution in [0.25, 0.3) is 0 Å². The van der Waals surface area contributed by atoms with E-state index in [0.717, 1.165) is 19.3 Å². The van der Waals surface area contributed by atoms with Gasteiger partial charge in [-0.25, -0.2) is 0 Å². The van der Waals surface area contributed by atoms with Crippen molar-refractivity contribution in [3.63, 3.8) is 0 Å². The summed E-state index contributed by atoms with van der Waals surface area (Å²) in [5.41, 5.74) is 0. The molecule has 0 saturated heterocycles. The van der Waals surface area contributed by atoms with Crippen LogP contribution in [0.5, 0.6) is 0 Å². The van der Waals surface area contributed by atoms with Crippen LogP contribution in [0.1, 0.15) is 59.8 Å². The van der Waals surface area contributed by atoms with Crippen molar-refractivity contribution in [2.75, 3.05) is 26.4 Å². The van der Waals surface area contributed by atoms with Crippen LogP contribution < -0.4 is 0 Å². The number of ketones is 2. The number of Topliss-reactive ketones (excluding diaryl/α,β-unsaturated/α-hetero) is 2. The summed E-state index contributed by atoms with van der Waals surface area (Å²) < 4.78 is 10.8. The van der Waals surface area contributed by atoms with Gasteiger partial charge >= 0.3 is 0 Å². The molecular formula is C17H32O4. The third-order valence-corrected chi connectivity index (χ3v) is 3.36. The minimum Gasteiger partial charge on any atom is -0.379 e. The second kappa shape index (κ2) is 13.0. The zero-order valence-electron chi connectivity index (χ0n) is 14.2. The first-order valence-electron chi connectivity index (χ1n) is 8.16. The van der Waals surface area contributed by atoms with E-state index in [1.54, 1.807) is 0 Å². The molecule has 0 amide bonds. The van der Waals surface area contributed by atoms with Crippen LogP contribution in [0.3, 0.4) is 0 Å². The number of unbranched alkanes of at least 4 members (excludes halogenated alkanes) is 2. The topological polar surface area (TPSA) is 52.6 Å². The zero-order valence-corrected chi connectivity index (χ0v) is 14.2. The van der Waals surface area contributed by atoms with Crippen molar-refractivity contribution in [2.45, 2.75) is 59.8 Å². The van der Waals surface area contributed by atoms with Gasteiger partial charge < -0.3 is 9.47 Å². The Kier molecular flexibility index (Phi) is 12.5. The molecule has 0 rings (SSSR count). The summed E-state index contributed by atoms with van der Waals surface area (Å²) in [5, 5.41) is 0. The molecule has 0 aliphatic rings. The van der Waals surface area contributed by atoms with Crippen molar-refractivity contribution in [3.8, 4) is 0 Å². The second-order valence-electron chi connectivity index (χ2n) is 6.03. The maximum Gasteiger partial charge on any atom is 0.137 e. The number of hydrogen-bond acceptors (Lipinski definition) is 4. The van der Waals surface area contributed by atoms with E-state index in [1.807, 2.05) is 27.7 Å². The van der Waals surface area contributed by atoms with Gasteiger partial charge in [0.15, 0.2) is 0 Å². The molecule has 0 heterocycles. The van der Waals surface area contributed by atoms with Gasteiger partial charge in [-0.1, -0.05) is 34.1 Å². The van der Waals surface area contributed by atoms with Gasteiger partial charge in [0.25, 0.3) is 0 Å². The van der Waals surface area contributed by atoms with Crippen molar-refractivity contribution in [2.24, 2.45) is 11.8 Å². The van der Waals surface area contributed by atoms with Crippen LogP contribution in [-0.4, -0.2) is 38.0 Å². The van der Waals surface area contributed by atoms with Crippen LogP contribution in [-0.2, 0) is 19.1 Å². The molecule has 0 aliphatic carbocycles. The summed E-state index contributed by atoms with van der Waals surface area (Å²) in [6.07, 6.45) is 4.14. The van der Waals surface area contributed by atoms with Gasteiger partial charge in [-0.3, -0.25) is 9.59 Å². The van der Waals surface area contributed by atoms with E-state index < -0.39 is 0 Å². The van der Waals surface area contributed by atoms with Crippen LogP contribution in [0, 0.1) is 11.8 Å². The van der Waals surface area contributed by atoms with Crippen LogP contribution in [0.2, 0.25) is 0 Å². The molecule has 21 heavy (non-hydrogen) atoms. The van der Waals surface area contributed by atoms with Crippen LogP contribution >= 0.6 is 0 Å². The van der Waals surface area contributed by atoms with E-state index >= 15 is 0 Å². The molecule has 0 fully saturated rings. The predicted molar refractivity (Wildman–Crippen MR) is 84.4 cm³/mol. The number of ether oxygens (including phenoxy) is 2. The highest BCUT2D eigenvalue weighted by molar-refractivity contribution is 5.80. The van der Waals surface area contributed by atoms with Gasteiger partial charge in [-0.15, -0.1) is 0 Å². The fourth-order valence-electron chi connectivity index (χ4n) is 1.75. The highest BCUT2D eigenvalue weighted by atomic mass is 16.5. The minimum atomic E-state index is 0.0902. The molecule has 0 aliphatic heterocycles. The Bertz CT molecular complexity index is 257. The normalized spacial score (nSPS) is 11.3. The Balaban J connectivity index is 3.20. The zero-order chi connectivity index (χ0) is 16.1. The Labute approximate surface area is 129 Å². The number of carbonyl (C=O) groups is 2. The van der Waals surface area contributed by atoms with Crippen molar-refractivity contribution < 1.29 is 19.1 Å². The fourth-order valence-corrected chi connectivity index (χ4v) is 1.75. The maximum absolute atomic E-state index is 11.4. The summed E-state index contributed by atoms with van der Waals surface area (Å²) in [7, 11) is 0. The minimum absolute atomic E-state index is 0.0902. The third-order valence-electron chi connectivity index (χ3n) is 3.36. The lowest BCUT2D eigenvalue weighted by Gasteiger charge is -2.07. The van der Waals surface area contributed by atoms with Gasteiger partial charge in [0.05, 0.1) is 19.8 Å². The monoisotopic (exact) mass is 300 g/mol. The van der Waals surface area contributed by atoms with Crippen molar-refractivity contribution in [1.82, 2.24) is 0 Å². The van der Waals surface area contributed by atoms with Gasteiger partial charge in [-0.2, -0.15) is 0 Å². The lowest BCUT2D eigenvalue weighted by molar-refractivity contribution is -0.123. The second-order valence-corrected chi connectivity index (χ2v) is 6.03. The molecule has 4 heteroatoms. The average Bonchev–Trinajstić information content (AvgIpc) is 2.43. The lowest BCUT2D eigenvalue weighted by atomic mass is 10.0. The summed E-state index contributed by atoms with van der Waals surface area (Å²) >= 11 is 0. The summed E-state index contributed by atoms with van der Waals surface area (Å²) in [6, 6.07) is 0. The van der Waals surface area contributed by atoms with Crippen LogP contribution in [0.4, 0.5) is 0 Å². The molecular weight excluding hydrogens is 268 g/mol. The number of rotatable bonds is 14. The van der Waals surface area contributed by atoms with E-state index in [4.69, 9.17) is 9.47 Å². The largest absolute Gasteiger partial charge is 0.379 e. The summed E-state index contributed by atoms with van der Waals surface area (Å²) in [5.74, 6) is 0.834. The smallest absolute Gasteiger partial charge is 0.137 e. The fraction of sp³-hybridized carbons (Fsp3) is 0.882. The maximum atomic E-state index is 11.4. The molecule has 0 saturated carbocycles. The third kappa shape index (κ3) is 12.7. The van der Waals surface area contributed by atoms with Gasteiger partial charge in [0, 0.05) is 31.3 Å². The summed E-state index contributed by atoms with van der Waals surface area (Å²) in [6.45, 7) is 10.0. The molecule has 0 aromatic heterocycles. The van der Waals surface area contributed by atoms with E-state index in [0.29, 0.717) is 45.1 Å². The van der Waals surface area contributed by atoms with Gasteiger partial charge in [0.2, 0.25) is 0 Å². The van der Waals surface area contributed by atoms with E-state index in [-0.39, 0.29) is 17.6 Å². The van der Waals surface area contributed by atoms with Crippen LogP contribution in [0.15, 0.2) is 0 Å². The lowest BCUT2D eigenvalue weighted by Crippen LogP contribution is -2.12. The van der Waals surface area contributed by atoms with Crippen molar-refractivity contribution in [3.05, 3.63) is 0 Å². The Morgan fingerprint density at radius 1 is 0.667 bits per heavy atom. The molecule has 4 nitrogen and oxygen atoms in total. The van der Waals surface area contributed by atoms with E-state index in [2.05, 4.69) is 0 Å². The first-order valence-corrected chi connectivity index (χ1v) is 8.16.